The Hall–Kier alpha value is -2.25. The summed E-state index contributed by atoms with van der Waals surface area (Å²) in [5.74, 6) is -0.216. The highest BCUT2D eigenvalue weighted by Gasteiger charge is 2.14. The van der Waals surface area contributed by atoms with Crippen LogP contribution in [0, 0.1) is 6.92 Å². The molecule has 158 valence electrons. The molecule has 0 N–H and O–H groups in total. The molecule has 0 fully saturated rings. The van der Waals surface area contributed by atoms with Crippen LogP contribution in [0.2, 0.25) is 25.7 Å². The Kier molecular flexibility index (Phi) is 8.34. The molecule has 1 aromatic heterocycles. The summed E-state index contributed by atoms with van der Waals surface area (Å²) in [6.07, 6.45) is 0.866. The molecule has 1 heterocycles. The van der Waals surface area contributed by atoms with Crippen LogP contribution in [0.1, 0.15) is 24.5 Å². The van der Waals surface area contributed by atoms with Gasteiger partial charge in [0.1, 0.15) is 6.73 Å². The van der Waals surface area contributed by atoms with Gasteiger partial charge in [-0.2, -0.15) is 5.10 Å². The van der Waals surface area contributed by atoms with Crippen LogP contribution >= 0.6 is 0 Å². The van der Waals surface area contributed by atoms with E-state index in [4.69, 9.17) is 9.47 Å². The molecule has 0 unspecified atom stereocenters. The second-order valence-electron chi connectivity index (χ2n) is 8.33. The fraction of sp³-hybridized carbons (Fsp3) is 0.500. The number of nitrogens with zero attached hydrogens (tertiary/aromatic N) is 2. The van der Waals surface area contributed by atoms with Crippen molar-refractivity contribution in [2.45, 2.75) is 59.1 Å². The van der Waals surface area contributed by atoms with Crippen LogP contribution < -0.4 is 5.56 Å². The molecule has 0 amide bonds. The van der Waals surface area contributed by atoms with Gasteiger partial charge in [0.05, 0.1) is 12.3 Å². The molecular weight excluding hydrogens is 384 g/mol. The van der Waals surface area contributed by atoms with Crippen LogP contribution in [-0.2, 0) is 27.4 Å². The number of hydrogen-bond donors (Lipinski definition) is 0. The SMILES string of the molecule is CCOC(=O)CCc1ccccc1-c1cc(C)c(=O)n(COCC[Si](C)(C)C)n1. The molecule has 29 heavy (non-hydrogen) atoms. The molecule has 0 aliphatic rings. The molecule has 0 saturated carbocycles. The van der Waals surface area contributed by atoms with Crippen LogP contribution in [0.3, 0.4) is 0 Å². The van der Waals surface area contributed by atoms with E-state index in [1.54, 1.807) is 19.9 Å². The van der Waals surface area contributed by atoms with Gasteiger partial charge in [0.15, 0.2) is 0 Å². The Morgan fingerprint density at radius 3 is 2.62 bits per heavy atom. The van der Waals surface area contributed by atoms with Crippen molar-refractivity contribution in [3.05, 3.63) is 51.8 Å². The van der Waals surface area contributed by atoms with Crippen molar-refractivity contribution >= 4 is 14.0 Å². The molecule has 0 atom stereocenters. The van der Waals surface area contributed by atoms with Gasteiger partial charge in [-0.3, -0.25) is 9.59 Å². The van der Waals surface area contributed by atoms with Crippen molar-refractivity contribution in [1.82, 2.24) is 9.78 Å². The van der Waals surface area contributed by atoms with Crippen molar-refractivity contribution < 1.29 is 14.3 Å². The average molecular weight is 417 g/mol. The first-order valence-electron chi connectivity index (χ1n) is 10.1. The molecule has 0 radical (unpaired) electrons. The van der Waals surface area contributed by atoms with E-state index in [0.29, 0.717) is 37.3 Å². The Balaban J connectivity index is 2.21. The lowest BCUT2D eigenvalue weighted by molar-refractivity contribution is -0.143. The first kappa shape index (κ1) is 23.0. The van der Waals surface area contributed by atoms with Crippen molar-refractivity contribution in [3.8, 4) is 11.3 Å². The summed E-state index contributed by atoms with van der Waals surface area (Å²) in [5, 5.41) is 4.54. The van der Waals surface area contributed by atoms with Crippen molar-refractivity contribution in [2.75, 3.05) is 13.2 Å². The van der Waals surface area contributed by atoms with Crippen molar-refractivity contribution in [2.24, 2.45) is 0 Å². The number of carbonyl (C=O) groups excluding carboxylic acids is 1. The van der Waals surface area contributed by atoms with Crippen LogP contribution in [0.4, 0.5) is 0 Å². The third-order valence-corrected chi connectivity index (χ3v) is 6.26. The minimum Gasteiger partial charge on any atom is -0.466 e. The number of ether oxygens (including phenoxy) is 2. The maximum absolute atomic E-state index is 12.5. The van der Waals surface area contributed by atoms with E-state index >= 15 is 0 Å². The summed E-state index contributed by atoms with van der Waals surface area (Å²) in [6.45, 7) is 11.6. The molecule has 0 saturated heterocycles. The fourth-order valence-corrected chi connectivity index (χ4v) is 3.64. The largest absolute Gasteiger partial charge is 0.466 e. The van der Waals surface area contributed by atoms with E-state index in [9.17, 15) is 9.59 Å². The average Bonchev–Trinajstić information content (AvgIpc) is 2.66. The summed E-state index contributed by atoms with van der Waals surface area (Å²) in [4.78, 5) is 24.2. The van der Waals surface area contributed by atoms with Gasteiger partial charge in [0, 0.05) is 32.2 Å². The highest BCUT2D eigenvalue weighted by atomic mass is 28.3. The molecular formula is C22H32N2O4Si. The standard InChI is InChI=1S/C22H32N2O4Si/c1-6-28-21(25)12-11-18-9-7-8-10-19(18)20-15-17(2)22(26)24(23-20)16-27-13-14-29(3,4)5/h7-10,15H,6,11-14,16H2,1-5H3. The van der Waals surface area contributed by atoms with Gasteiger partial charge in [-0.25, -0.2) is 4.68 Å². The number of aryl methyl sites for hydroxylation is 2. The zero-order valence-corrected chi connectivity index (χ0v) is 19.2. The molecule has 1 aromatic carbocycles. The quantitative estimate of drug-likeness (QED) is 0.332. The van der Waals surface area contributed by atoms with E-state index in [2.05, 4.69) is 24.7 Å². The second kappa shape index (κ2) is 10.5. The second-order valence-corrected chi connectivity index (χ2v) is 13.9. The molecule has 0 bridgehead atoms. The Labute approximate surface area is 173 Å². The lowest BCUT2D eigenvalue weighted by atomic mass is 9.99. The minimum absolute atomic E-state index is 0.142. The molecule has 0 aliphatic heterocycles. The Bertz CT molecular complexity index is 887. The van der Waals surface area contributed by atoms with Gasteiger partial charge < -0.3 is 9.47 Å². The zero-order chi connectivity index (χ0) is 21.4. The first-order valence-corrected chi connectivity index (χ1v) is 13.8. The van der Waals surface area contributed by atoms with Crippen LogP contribution in [0.15, 0.2) is 35.1 Å². The maximum Gasteiger partial charge on any atom is 0.306 e. The molecule has 6 nitrogen and oxygen atoms in total. The number of benzene rings is 1. The van der Waals surface area contributed by atoms with E-state index in [1.165, 1.54) is 4.68 Å². The zero-order valence-electron chi connectivity index (χ0n) is 18.2. The van der Waals surface area contributed by atoms with Gasteiger partial charge in [0.25, 0.3) is 5.56 Å². The molecule has 0 spiro atoms. The maximum atomic E-state index is 12.5. The smallest absolute Gasteiger partial charge is 0.306 e. The summed E-state index contributed by atoms with van der Waals surface area (Å²) >= 11 is 0. The highest BCUT2D eigenvalue weighted by Crippen LogP contribution is 2.23. The Morgan fingerprint density at radius 2 is 1.93 bits per heavy atom. The van der Waals surface area contributed by atoms with Gasteiger partial charge in [-0.1, -0.05) is 43.9 Å². The van der Waals surface area contributed by atoms with E-state index in [-0.39, 0.29) is 18.3 Å². The van der Waals surface area contributed by atoms with Crippen molar-refractivity contribution in [1.29, 1.82) is 0 Å². The third kappa shape index (κ3) is 7.25. The fourth-order valence-electron chi connectivity index (χ4n) is 2.88. The van der Waals surface area contributed by atoms with E-state index < -0.39 is 8.07 Å². The molecule has 7 heteroatoms. The number of aromatic nitrogens is 2. The van der Waals surface area contributed by atoms with Crippen molar-refractivity contribution in [3.63, 3.8) is 0 Å². The minimum atomic E-state index is -1.19. The molecule has 0 aliphatic carbocycles. The highest BCUT2D eigenvalue weighted by molar-refractivity contribution is 6.76. The summed E-state index contributed by atoms with van der Waals surface area (Å²) < 4.78 is 12.1. The summed E-state index contributed by atoms with van der Waals surface area (Å²) in [5.41, 5.74) is 3.08. The van der Waals surface area contributed by atoms with Gasteiger partial charge in [-0.15, -0.1) is 0 Å². The predicted molar refractivity (Wildman–Crippen MR) is 118 cm³/mol. The Morgan fingerprint density at radius 1 is 1.21 bits per heavy atom. The number of hydrogen-bond acceptors (Lipinski definition) is 5. The number of carbonyl (C=O) groups is 1. The van der Waals surface area contributed by atoms with Gasteiger partial charge in [0.2, 0.25) is 0 Å². The van der Waals surface area contributed by atoms with E-state index in [1.807, 2.05) is 24.3 Å². The van der Waals surface area contributed by atoms with Gasteiger partial charge in [-0.05, 0) is 37.9 Å². The predicted octanol–water partition coefficient (Wildman–Crippen LogP) is 4.03. The molecule has 2 aromatic rings. The lowest BCUT2D eigenvalue weighted by Gasteiger charge is -2.16. The molecule has 2 rings (SSSR count). The van der Waals surface area contributed by atoms with Crippen LogP contribution in [0.25, 0.3) is 11.3 Å². The van der Waals surface area contributed by atoms with Crippen LogP contribution in [0.5, 0.6) is 0 Å². The number of esters is 1. The van der Waals surface area contributed by atoms with Crippen LogP contribution in [-0.4, -0.2) is 37.0 Å². The summed E-state index contributed by atoms with van der Waals surface area (Å²) in [6, 6.07) is 10.6. The summed E-state index contributed by atoms with van der Waals surface area (Å²) in [7, 11) is -1.19. The van der Waals surface area contributed by atoms with Gasteiger partial charge >= 0.3 is 5.97 Å². The number of rotatable bonds is 10. The monoisotopic (exact) mass is 416 g/mol. The van der Waals surface area contributed by atoms with E-state index in [0.717, 1.165) is 17.2 Å². The first-order chi connectivity index (χ1) is 13.7. The lowest BCUT2D eigenvalue weighted by Crippen LogP contribution is -2.28. The third-order valence-electron chi connectivity index (χ3n) is 4.56. The topological polar surface area (TPSA) is 70.4 Å². The normalized spacial score (nSPS) is 11.5.